The molecule has 0 aromatic carbocycles. The molecule has 3 rings (SSSR count). The molecule has 114 valence electrons. The number of carbonyl (C=O) groups is 1. The number of H-pyrrole nitrogens is 1. The van der Waals surface area contributed by atoms with Gasteiger partial charge in [0.05, 0.1) is 5.56 Å². The maximum absolute atomic E-state index is 13.5. The topological polar surface area (TPSA) is 87.7 Å². The van der Waals surface area contributed by atoms with Gasteiger partial charge in [0, 0.05) is 30.4 Å². The van der Waals surface area contributed by atoms with Gasteiger partial charge < -0.3 is 10.3 Å². The Balaban J connectivity index is 1.93. The van der Waals surface area contributed by atoms with E-state index < -0.39 is 17.4 Å². The highest BCUT2D eigenvalue weighted by atomic mass is 19.1. The van der Waals surface area contributed by atoms with Gasteiger partial charge in [0.2, 0.25) is 5.95 Å². The SMILES string of the molecule is O=C(Nc1cc(-c2ccncc2)c[nH]c1=O)c1cccnc1F. The number of aromatic nitrogens is 3. The molecule has 23 heavy (non-hydrogen) atoms. The first-order chi connectivity index (χ1) is 11.1. The van der Waals surface area contributed by atoms with Gasteiger partial charge in [-0.1, -0.05) is 0 Å². The maximum atomic E-state index is 13.5. The molecule has 0 fully saturated rings. The molecule has 0 atom stereocenters. The first-order valence-corrected chi connectivity index (χ1v) is 6.70. The standard InChI is InChI=1S/C16H11FN4O2/c17-14-12(2-1-5-19-14)15(22)21-13-8-11(9-20-16(13)23)10-3-6-18-7-4-10/h1-9H,(H,20,23)(H,21,22). The van der Waals surface area contributed by atoms with Crippen molar-refractivity contribution in [1.82, 2.24) is 15.0 Å². The summed E-state index contributed by atoms with van der Waals surface area (Å²) < 4.78 is 13.5. The first kappa shape index (κ1) is 14.6. The molecule has 0 saturated carbocycles. The van der Waals surface area contributed by atoms with E-state index in [0.29, 0.717) is 5.56 Å². The zero-order valence-corrected chi connectivity index (χ0v) is 11.8. The second-order valence-electron chi connectivity index (χ2n) is 4.66. The third-order valence-corrected chi connectivity index (χ3v) is 3.17. The van der Waals surface area contributed by atoms with Gasteiger partial charge in [0.25, 0.3) is 11.5 Å². The predicted octanol–water partition coefficient (Wildman–Crippen LogP) is 2.22. The number of nitrogens with one attached hydrogen (secondary N) is 2. The van der Waals surface area contributed by atoms with Gasteiger partial charge in [-0.3, -0.25) is 14.6 Å². The molecular weight excluding hydrogens is 299 g/mol. The Labute approximate surface area is 130 Å². The fourth-order valence-corrected chi connectivity index (χ4v) is 2.03. The molecule has 0 radical (unpaired) electrons. The van der Waals surface area contributed by atoms with Gasteiger partial charge >= 0.3 is 0 Å². The lowest BCUT2D eigenvalue weighted by Crippen LogP contribution is -2.20. The van der Waals surface area contributed by atoms with E-state index in [2.05, 4.69) is 20.3 Å². The molecule has 0 aliphatic heterocycles. The van der Waals surface area contributed by atoms with Crippen LogP contribution in [0.5, 0.6) is 0 Å². The Morgan fingerprint density at radius 3 is 2.65 bits per heavy atom. The zero-order valence-electron chi connectivity index (χ0n) is 11.8. The Morgan fingerprint density at radius 1 is 1.13 bits per heavy atom. The van der Waals surface area contributed by atoms with Crippen LogP contribution in [0.4, 0.5) is 10.1 Å². The number of anilines is 1. The highest BCUT2D eigenvalue weighted by molar-refractivity contribution is 6.04. The Morgan fingerprint density at radius 2 is 1.91 bits per heavy atom. The molecule has 0 bridgehead atoms. The van der Waals surface area contributed by atoms with Crippen LogP contribution in [0.3, 0.4) is 0 Å². The largest absolute Gasteiger partial charge is 0.327 e. The number of pyridine rings is 3. The molecule has 0 aliphatic carbocycles. The van der Waals surface area contributed by atoms with E-state index >= 15 is 0 Å². The number of aromatic amines is 1. The third kappa shape index (κ3) is 3.13. The van der Waals surface area contributed by atoms with Crippen LogP contribution in [0.2, 0.25) is 0 Å². The van der Waals surface area contributed by atoms with Crippen LogP contribution in [0, 0.1) is 5.95 Å². The van der Waals surface area contributed by atoms with Crippen molar-refractivity contribution in [3.8, 4) is 11.1 Å². The minimum Gasteiger partial charge on any atom is -0.327 e. The molecule has 3 aromatic rings. The van der Waals surface area contributed by atoms with Crippen LogP contribution in [0.25, 0.3) is 11.1 Å². The summed E-state index contributed by atoms with van der Waals surface area (Å²) in [4.78, 5) is 33.8. The molecular formula is C16H11FN4O2. The van der Waals surface area contributed by atoms with Crippen molar-refractivity contribution in [3.63, 3.8) is 0 Å². The first-order valence-electron chi connectivity index (χ1n) is 6.70. The molecule has 6 nitrogen and oxygen atoms in total. The number of hydrogen-bond acceptors (Lipinski definition) is 4. The van der Waals surface area contributed by atoms with Crippen molar-refractivity contribution in [2.75, 3.05) is 5.32 Å². The van der Waals surface area contributed by atoms with E-state index in [4.69, 9.17) is 0 Å². The number of amides is 1. The number of nitrogens with zero attached hydrogens (tertiary/aromatic N) is 2. The van der Waals surface area contributed by atoms with Crippen LogP contribution in [-0.4, -0.2) is 20.9 Å². The average Bonchev–Trinajstić information content (AvgIpc) is 2.58. The predicted molar refractivity (Wildman–Crippen MR) is 82.4 cm³/mol. The molecule has 2 N–H and O–H groups in total. The summed E-state index contributed by atoms with van der Waals surface area (Å²) in [5, 5.41) is 2.40. The highest BCUT2D eigenvalue weighted by Gasteiger charge is 2.14. The van der Waals surface area contributed by atoms with E-state index in [1.54, 1.807) is 24.5 Å². The normalized spacial score (nSPS) is 10.3. The van der Waals surface area contributed by atoms with Crippen molar-refractivity contribution < 1.29 is 9.18 Å². The Hall–Kier alpha value is -3.35. The molecule has 0 aliphatic rings. The van der Waals surface area contributed by atoms with E-state index in [1.807, 2.05) is 0 Å². The number of carbonyl (C=O) groups excluding carboxylic acids is 1. The number of halogens is 1. The average molecular weight is 310 g/mol. The Bertz CT molecular complexity index is 909. The summed E-state index contributed by atoms with van der Waals surface area (Å²) >= 11 is 0. The third-order valence-electron chi connectivity index (χ3n) is 3.17. The highest BCUT2D eigenvalue weighted by Crippen LogP contribution is 2.19. The van der Waals surface area contributed by atoms with E-state index in [-0.39, 0.29) is 11.3 Å². The van der Waals surface area contributed by atoms with Gasteiger partial charge in [-0.15, -0.1) is 0 Å². The van der Waals surface area contributed by atoms with Gasteiger partial charge in [0.15, 0.2) is 0 Å². The molecule has 0 saturated heterocycles. The summed E-state index contributed by atoms with van der Waals surface area (Å²) in [5.41, 5.74) is 0.808. The zero-order chi connectivity index (χ0) is 16.2. The van der Waals surface area contributed by atoms with Crippen molar-refractivity contribution in [2.24, 2.45) is 0 Å². The summed E-state index contributed by atoms with van der Waals surface area (Å²) in [6.07, 6.45) is 5.99. The molecule has 7 heteroatoms. The van der Waals surface area contributed by atoms with E-state index in [0.717, 1.165) is 5.56 Å². The van der Waals surface area contributed by atoms with Crippen LogP contribution in [0.1, 0.15) is 10.4 Å². The van der Waals surface area contributed by atoms with Crippen LogP contribution in [-0.2, 0) is 0 Å². The lowest BCUT2D eigenvalue weighted by molar-refractivity contribution is 0.102. The number of rotatable bonds is 3. The fourth-order valence-electron chi connectivity index (χ4n) is 2.03. The summed E-state index contributed by atoms with van der Waals surface area (Å²) in [7, 11) is 0. The van der Waals surface area contributed by atoms with Crippen molar-refractivity contribution >= 4 is 11.6 Å². The lowest BCUT2D eigenvalue weighted by atomic mass is 10.1. The maximum Gasteiger partial charge on any atom is 0.271 e. The molecule has 3 aromatic heterocycles. The summed E-state index contributed by atoms with van der Waals surface area (Å²) in [6, 6.07) is 7.77. The van der Waals surface area contributed by atoms with E-state index in [9.17, 15) is 14.0 Å². The Kier molecular flexibility index (Phi) is 3.92. The van der Waals surface area contributed by atoms with E-state index in [1.165, 1.54) is 30.6 Å². The molecule has 1 amide bonds. The van der Waals surface area contributed by atoms with Crippen molar-refractivity contribution in [3.05, 3.63) is 77.0 Å². The van der Waals surface area contributed by atoms with Crippen LogP contribution >= 0.6 is 0 Å². The quantitative estimate of drug-likeness (QED) is 0.726. The lowest BCUT2D eigenvalue weighted by Gasteiger charge is -2.07. The number of hydrogen-bond donors (Lipinski definition) is 2. The van der Waals surface area contributed by atoms with Gasteiger partial charge in [-0.05, 0) is 35.9 Å². The van der Waals surface area contributed by atoms with Crippen molar-refractivity contribution in [1.29, 1.82) is 0 Å². The van der Waals surface area contributed by atoms with Crippen LogP contribution < -0.4 is 10.9 Å². The van der Waals surface area contributed by atoms with Gasteiger partial charge in [-0.2, -0.15) is 4.39 Å². The fraction of sp³-hybridized carbons (Fsp3) is 0. The minimum absolute atomic E-state index is 0.0209. The van der Waals surface area contributed by atoms with Gasteiger partial charge in [-0.25, -0.2) is 4.98 Å². The van der Waals surface area contributed by atoms with Crippen LogP contribution in [0.15, 0.2) is 59.9 Å². The van der Waals surface area contributed by atoms with Gasteiger partial charge in [0.1, 0.15) is 5.69 Å². The second kappa shape index (κ2) is 6.18. The summed E-state index contributed by atoms with van der Waals surface area (Å²) in [5.74, 6) is -1.64. The monoisotopic (exact) mass is 310 g/mol. The molecule has 3 heterocycles. The second-order valence-corrected chi connectivity index (χ2v) is 4.66. The molecule has 0 unspecified atom stereocenters. The molecule has 0 spiro atoms. The smallest absolute Gasteiger partial charge is 0.271 e. The summed E-state index contributed by atoms with van der Waals surface area (Å²) in [6.45, 7) is 0. The minimum atomic E-state index is -0.897. The van der Waals surface area contributed by atoms with Crippen molar-refractivity contribution in [2.45, 2.75) is 0 Å².